The first kappa shape index (κ1) is 20.1. The Bertz CT molecular complexity index is 335. The van der Waals surface area contributed by atoms with Gasteiger partial charge in [0.15, 0.2) is 0 Å². The number of hydrogen-bond acceptors (Lipinski definition) is 3. The van der Waals surface area contributed by atoms with Crippen LogP contribution >= 0.6 is 0 Å². The maximum absolute atomic E-state index is 12.2. The molecule has 0 N–H and O–H groups in total. The maximum Gasteiger partial charge on any atom is 0.257 e. The van der Waals surface area contributed by atoms with Crippen LogP contribution in [0.5, 0.6) is 0 Å². The van der Waals surface area contributed by atoms with E-state index in [0.29, 0.717) is 24.2 Å². The lowest BCUT2D eigenvalue weighted by molar-refractivity contribution is 0.447. The number of rotatable bonds is 10. The minimum atomic E-state index is -3.36. The van der Waals surface area contributed by atoms with Crippen LogP contribution in [0.25, 0.3) is 0 Å². The molecule has 0 rings (SSSR count). The minimum Gasteiger partial charge on any atom is -0.315 e. The molecule has 0 spiro atoms. The summed E-state index contributed by atoms with van der Waals surface area (Å²) in [7, 11) is -5.61. The Hall–Kier alpha value is 0.127. The summed E-state index contributed by atoms with van der Waals surface area (Å²) in [5.74, 6) is 1.60. The van der Waals surface area contributed by atoms with Crippen LogP contribution in [0.4, 0.5) is 0 Å². The molecular weight excluding hydrogens is 288 g/mol. The third kappa shape index (κ3) is 8.42. The van der Waals surface area contributed by atoms with Crippen molar-refractivity contribution in [2.75, 3.05) is 5.75 Å². The van der Waals surface area contributed by atoms with Gasteiger partial charge < -0.3 is 3.87 Å². The zero-order chi connectivity index (χ0) is 16.0. The van der Waals surface area contributed by atoms with Crippen LogP contribution in [-0.4, -0.2) is 22.5 Å². The summed E-state index contributed by atoms with van der Waals surface area (Å²) in [6.07, 6.45) is 0.623. The minimum absolute atomic E-state index is 0.149. The van der Waals surface area contributed by atoms with E-state index in [1.807, 2.05) is 6.92 Å². The Labute approximate surface area is 127 Å². The summed E-state index contributed by atoms with van der Waals surface area (Å²) >= 11 is 0. The van der Waals surface area contributed by atoms with E-state index in [1.165, 1.54) is 0 Å². The van der Waals surface area contributed by atoms with Gasteiger partial charge in [-0.15, -0.1) is 0 Å². The summed E-state index contributed by atoms with van der Waals surface area (Å²) < 4.78 is 30.3. The molecule has 20 heavy (non-hydrogen) atoms. The Morgan fingerprint density at radius 1 is 0.850 bits per heavy atom. The highest BCUT2D eigenvalue weighted by atomic mass is 32.2. The van der Waals surface area contributed by atoms with Crippen molar-refractivity contribution in [2.24, 2.45) is 17.8 Å². The van der Waals surface area contributed by atoms with Gasteiger partial charge in [0.05, 0.1) is 5.75 Å². The molecule has 0 fully saturated rings. The van der Waals surface area contributed by atoms with Gasteiger partial charge in [-0.3, -0.25) is 0 Å². The highest BCUT2D eigenvalue weighted by Crippen LogP contribution is 2.34. The molecule has 0 aromatic carbocycles. The van der Waals surface area contributed by atoms with E-state index in [1.54, 1.807) is 0 Å². The lowest BCUT2D eigenvalue weighted by atomic mass is 10.3. The lowest BCUT2D eigenvalue weighted by Gasteiger charge is -2.35. The highest BCUT2D eigenvalue weighted by molar-refractivity contribution is 7.87. The fourth-order valence-corrected chi connectivity index (χ4v) is 11.9. The summed E-state index contributed by atoms with van der Waals surface area (Å²) in [6.45, 7) is 14.9. The fraction of sp³-hybridized carbons (Fsp3) is 1.00. The first-order valence-electron chi connectivity index (χ1n) is 7.95. The monoisotopic (exact) mass is 322 g/mol. The Kier molecular flexibility index (Phi) is 8.59. The predicted octanol–water partition coefficient (Wildman–Crippen LogP) is 4.66. The van der Waals surface area contributed by atoms with Gasteiger partial charge in [-0.2, -0.15) is 0 Å². The molecular formula is C15H34O3SSi. The Balaban J connectivity index is 5.35. The SMILES string of the molecule is CCCS(=O)(=O)O[Si](CC(C)C)(CC(C)C)CC(C)C. The van der Waals surface area contributed by atoms with Gasteiger partial charge >= 0.3 is 0 Å². The number of hydrogen-bond donors (Lipinski definition) is 0. The van der Waals surface area contributed by atoms with E-state index in [0.717, 1.165) is 18.1 Å². The van der Waals surface area contributed by atoms with Crippen LogP contribution < -0.4 is 0 Å². The average Bonchev–Trinajstić information content (AvgIpc) is 2.10. The largest absolute Gasteiger partial charge is 0.315 e. The molecule has 0 aromatic rings. The van der Waals surface area contributed by atoms with E-state index in [4.69, 9.17) is 3.87 Å². The third-order valence-corrected chi connectivity index (χ3v) is 11.1. The van der Waals surface area contributed by atoms with E-state index >= 15 is 0 Å². The predicted molar refractivity (Wildman–Crippen MR) is 89.9 cm³/mol. The fourth-order valence-electron chi connectivity index (χ4n) is 3.15. The van der Waals surface area contributed by atoms with Crippen molar-refractivity contribution in [1.82, 2.24) is 0 Å². The van der Waals surface area contributed by atoms with Crippen LogP contribution in [0, 0.1) is 17.8 Å². The van der Waals surface area contributed by atoms with Crippen molar-refractivity contribution in [3.8, 4) is 0 Å². The molecule has 122 valence electrons. The molecule has 3 nitrogen and oxygen atoms in total. The lowest BCUT2D eigenvalue weighted by Crippen LogP contribution is -2.44. The van der Waals surface area contributed by atoms with Gasteiger partial charge in [0, 0.05) is 0 Å². The van der Waals surface area contributed by atoms with Crippen LogP contribution in [0.2, 0.25) is 18.1 Å². The van der Waals surface area contributed by atoms with Gasteiger partial charge in [-0.05, 0) is 42.3 Å². The van der Waals surface area contributed by atoms with Crippen LogP contribution in [-0.2, 0) is 14.0 Å². The molecule has 0 heterocycles. The molecule has 0 saturated carbocycles. The van der Waals surface area contributed by atoms with E-state index in [9.17, 15) is 8.42 Å². The van der Waals surface area contributed by atoms with Crippen molar-refractivity contribution in [2.45, 2.75) is 73.0 Å². The van der Waals surface area contributed by atoms with E-state index in [2.05, 4.69) is 41.5 Å². The Morgan fingerprint density at radius 3 is 1.45 bits per heavy atom. The quantitative estimate of drug-likeness (QED) is 0.550. The summed E-state index contributed by atoms with van der Waals surface area (Å²) in [5, 5.41) is 0. The van der Waals surface area contributed by atoms with Gasteiger partial charge in [-0.1, -0.05) is 48.5 Å². The van der Waals surface area contributed by atoms with Crippen molar-refractivity contribution >= 4 is 18.4 Å². The van der Waals surface area contributed by atoms with Gasteiger partial charge in [0.1, 0.15) is 0 Å². The second kappa shape index (κ2) is 8.54. The van der Waals surface area contributed by atoms with E-state index < -0.39 is 18.4 Å². The summed E-state index contributed by atoms with van der Waals surface area (Å²) in [6, 6.07) is 2.81. The second-order valence-electron chi connectivity index (χ2n) is 7.32. The molecule has 0 aliphatic heterocycles. The normalized spacial score (nSPS) is 13.7. The summed E-state index contributed by atoms with van der Waals surface area (Å²) in [4.78, 5) is 0. The third-order valence-electron chi connectivity index (χ3n) is 3.10. The van der Waals surface area contributed by atoms with Crippen LogP contribution in [0.3, 0.4) is 0 Å². The van der Waals surface area contributed by atoms with Crippen molar-refractivity contribution < 1.29 is 12.3 Å². The second-order valence-corrected chi connectivity index (χ2v) is 13.1. The van der Waals surface area contributed by atoms with Gasteiger partial charge in [0.25, 0.3) is 10.1 Å². The molecule has 0 atom stereocenters. The zero-order valence-electron chi connectivity index (χ0n) is 14.4. The molecule has 0 radical (unpaired) electrons. The van der Waals surface area contributed by atoms with Crippen molar-refractivity contribution in [3.05, 3.63) is 0 Å². The Morgan fingerprint density at radius 2 is 1.20 bits per heavy atom. The smallest absolute Gasteiger partial charge is 0.257 e. The molecule has 0 aromatic heterocycles. The first-order valence-corrected chi connectivity index (χ1v) is 12.1. The van der Waals surface area contributed by atoms with Gasteiger partial charge in [0.2, 0.25) is 8.32 Å². The molecule has 0 bridgehead atoms. The van der Waals surface area contributed by atoms with Gasteiger partial charge in [-0.25, -0.2) is 8.42 Å². The van der Waals surface area contributed by atoms with Crippen LogP contribution in [0.1, 0.15) is 54.9 Å². The first-order chi connectivity index (χ1) is 9.02. The average molecular weight is 323 g/mol. The standard InChI is InChI=1S/C15H34O3SSi/c1-8-9-19(16,17)18-20(10-13(2)3,11-14(4)5)12-15(6)7/h13-15H,8-12H2,1-7H3. The highest BCUT2D eigenvalue weighted by Gasteiger charge is 2.41. The summed E-state index contributed by atoms with van der Waals surface area (Å²) in [5.41, 5.74) is 0. The van der Waals surface area contributed by atoms with Crippen molar-refractivity contribution in [1.29, 1.82) is 0 Å². The topological polar surface area (TPSA) is 43.4 Å². The molecule has 0 unspecified atom stereocenters. The molecule has 0 aliphatic rings. The maximum atomic E-state index is 12.2. The van der Waals surface area contributed by atoms with Crippen molar-refractivity contribution in [3.63, 3.8) is 0 Å². The molecule has 0 amide bonds. The molecule has 0 saturated heterocycles. The van der Waals surface area contributed by atoms with E-state index in [-0.39, 0.29) is 5.75 Å². The molecule has 0 aliphatic carbocycles. The van der Waals surface area contributed by atoms with Crippen LogP contribution in [0.15, 0.2) is 0 Å². The zero-order valence-corrected chi connectivity index (χ0v) is 16.2. The molecule has 5 heteroatoms.